The Morgan fingerprint density at radius 3 is 2.77 bits per heavy atom. The van der Waals surface area contributed by atoms with Gasteiger partial charge in [-0.1, -0.05) is 50.6 Å². The largest absolute Gasteiger partial charge is 0.431 e. The summed E-state index contributed by atoms with van der Waals surface area (Å²) in [6.07, 6.45) is 1.32. The van der Waals surface area contributed by atoms with E-state index in [9.17, 15) is 9.90 Å². The number of aliphatic hydroxyl groups excluding tert-OH is 1. The fourth-order valence-corrected chi connectivity index (χ4v) is 2.98. The molecule has 1 unspecified atom stereocenters. The molecule has 0 aliphatic carbocycles. The average molecular weight is 322 g/mol. The van der Waals surface area contributed by atoms with Crippen LogP contribution in [-0.2, 0) is 4.79 Å². The van der Waals surface area contributed by atoms with Gasteiger partial charge in [-0.25, -0.2) is 4.98 Å². The number of nitrogens with one attached hydrogen (secondary N) is 1. The number of oxazole rings is 1. The van der Waals surface area contributed by atoms with Crippen molar-refractivity contribution >= 4 is 28.8 Å². The first kappa shape index (κ1) is 16.8. The number of fused-ring (bicyclic) bond motifs is 1. The van der Waals surface area contributed by atoms with Crippen molar-refractivity contribution in [3.8, 4) is 0 Å². The van der Waals surface area contributed by atoms with E-state index in [0.29, 0.717) is 11.8 Å². The first-order valence-electron chi connectivity index (χ1n) is 7.57. The lowest BCUT2D eigenvalue weighted by Gasteiger charge is -2.20. The first-order chi connectivity index (χ1) is 10.6. The number of nitrogens with zero attached hydrogens (tertiary/aromatic N) is 1. The molecular formula is C16H22N2O3S. The zero-order chi connectivity index (χ0) is 15.9. The quantitative estimate of drug-likeness (QED) is 0.731. The summed E-state index contributed by atoms with van der Waals surface area (Å²) in [6.45, 7) is 4.38. The predicted octanol–water partition coefficient (Wildman–Crippen LogP) is 2.83. The lowest BCUT2D eigenvalue weighted by molar-refractivity contribution is -0.119. The molecule has 1 aromatic heterocycles. The highest BCUT2D eigenvalue weighted by molar-refractivity contribution is 7.99. The van der Waals surface area contributed by atoms with Gasteiger partial charge in [0.15, 0.2) is 5.58 Å². The van der Waals surface area contributed by atoms with Crippen molar-refractivity contribution in [2.45, 2.75) is 38.0 Å². The molecule has 120 valence electrons. The summed E-state index contributed by atoms with van der Waals surface area (Å²) in [6, 6.07) is 7.49. The Morgan fingerprint density at radius 1 is 1.36 bits per heavy atom. The van der Waals surface area contributed by atoms with E-state index in [2.05, 4.69) is 10.3 Å². The van der Waals surface area contributed by atoms with E-state index in [1.54, 1.807) is 0 Å². The molecule has 0 aliphatic rings. The normalized spacial score (nSPS) is 12.7. The monoisotopic (exact) mass is 322 g/mol. The van der Waals surface area contributed by atoms with Crippen LogP contribution in [0.3, 0.4) is 0 Å². The Bertz CT molecular complexity index is 577. The molecule has 5 nitrogen and oxygen atoms in total. The van der Waals surface area contributed by atoms with E-state index in [-0.39, 0.29) is 17.6 Å². The fraction of sp³-hybridized carbons (Fsp3) is 0.500. The Morgan fingerprint density at radius 2 is 2.09 bits per heavy atom. The van der Waals surface area contributed by atoms with Crippen LogP contribution in [0.1, 0.15) is 26.7 Å². The smallest absolute Gasteiger partial charge is 0.257 e. The Balaban J connectivity index is 1.78. The zero-order valence-electron chi connectivity index (χ0n) is 12.9. The van der Waals surface area contributed by atoms with Gasteiger partial charge >= 0.3 is 0 Å². The Labute approximate surface area is 134 Å². The van der Waals surface area contributed by atoms with E-state index in [1.807, 2.05) is 38.1 Å². The van der Waals surface area contributed by atoms with Crippen molar-refractivity contribution in [1.29, 1.82) is 0 Å². The average Bonchev–Trinajstić information content (AvgIpc) is 2.95. The molecule has 6 heteroatoms. The maximum Gasteiger partial charge on any atom is 0.257 e. The summed E-state index contributed by atoms with van der Waals surface area (Å²) < 4.78 is 5.54. The molecule has 1 heterocycles. The van der Waals surface area contributed by atoms with Gasteiger partial charge in [0.25, 0.3) is 5.22 Å². The van der Waals surface area contributed by atoms with Crippen molar-refractivity contribution in [2.24, 2.45) is 5.92 Å². The molecule has 0 saturated carbocycles. The van der Waals surface area contributed by atoms with Gasteiger partial charge in [0.2, 0.25) is 5.91 Å². The van der Waals surface area contributed by atoms with Crippen molar-refractivity contribution in [3.05, 3.63) is 24.3 Å². The van der Waals surface area contributed by atoms with Crippen LogP contribution in [0.25, 0.3) is 11.1 Å². The highest BCUT2D eigenvalue weighted by Crippen LogP contribution is 2.22. The number of aromatic nitrogens is 1. The minimum atomic E-state index is -0.492. The van der Waals surface area contributed by atoms with E-state index in [1.165, 1.54) is 11.8 Å². The number of carbonyl (C=O) groups excluding carboxylic acids is 1. The van der Waals surface area contributed by atoms with Crippen molar-refractivity contribution in [2.75, 3.05) is 12.3 Å². The van der Waals surface area contributed by atoms with Gasteiger partial charge in [-0.05, 0) is 18.1 Å². The van der Waals surface area contributed by atoms with E-state index in [4.69, 9.17) is 4.42 Å². The summed E-state index contributed by atoms with van der Waals surface area (Å²) in [5.74, 6) is 0.324. The number of para-hydroxylation sites is 2. The van der Waals surface area contributed by atoms with Gasteiger partial charge in [-0.2, -0.15) is 0 Å². The molecule has 2 N–H and O–H groups in total. The third kappa shape index (κ3) is 4.48. The minimum absolute atomic E-state index is 0.128. The number of amides is 1. The Kier molecular flexibility index (Phi) is 6.27. The van der Waals surface area contributed by atoms with Crippen LogP contribution in [0.4, 0.5) is 0 Å². The second kappa shape index (κ2) is 8.19. The van der Waals surface area contributed by atoms with Crippen LogP contribution in [0, 0.1) is 5.92 Å². The number of hydrogen-bond acceptors (Lipinski definition) is 5. The minimum Gasteiger partial charge on any atom is -0.431 e. The van der Waals surface area contributed by atoms with E-state index < -0.39 is 6.10 Å². The molecule has 1 aromatic carbocycles. The Hall–Kier alpha value is -1.53. The number of thioether (sulfide) groups is 1. The second-order valence-electron chi connectivity index (χ2n) is 5.18. The summed E-state index contributed by atoms with van der Waals surface area (Å²) in [5, 5.41) is 13.2. The standard InChI is InChI=1S/C16H22N2O3S/c1-3-11(4-2)13(19)9-17-15(20)10-22-16-18-12-7-5-6-8-14(12)21-16/h5-8,11,13,19H,3-4,9-10H2,1-2H3,(H,17,20). The van der Waals surface area contributed by atoms with Gasteiger partial charge in [0, 0.05) is 6.54 Å². The number of carbonyl (C=O) groups is 1. The predicted molar refractivity (Wildman–Crippen MR) is 87.8 cm³/mol. The summed E-state index contributed by atoms with van der Waals surface area (Å²) in [5.41, 5.74) is 1.50. The van der Waals surface area contributed by atoms with Crippen molar-refractivity contribution in [3.63, 3.8) is 0 Å². The lowest BCUT2D eigenvalue weighted by atomic mass is 9.97. The van der Waals surface area contributed by atoms with Crippen LogP contribution in [0.5, 0.6) is 0 Å². The molecular weight excluding hydrogens is 300 g/mol. The van der Waals surface area contributed by atoms with Gasteiger partial charge in [-0.3, -0.25) is 4.79 Å². The summed E-state index contributed by atoms with van der Waals surface area (Å²) in [4.78, 5) is 16.1. The van der Waals surface area contributed by atoms with Gasteiger partial charge in [-0.15, -0.1) is 0 Å². The van der Waals surface area contributed by atoms with Crippen LogP contribution in [0.2, 0.25) is 0 Å². The highest BCUT2D eigenvalue weighted by atomic mass is 32.2. The van der Waals surface area contributed by atoms with Crippen molar-refractivity contribution < 1.29 is 14.3 Å². The molecule has 1 amide bonds. The molecule has 0 saturated heterocycles. The van der Waals surface area contributed by atoms with Crippen molar-refractivity contribution in [1.82, 2.24) is 10.3 Å². The van der Waals surface area contributed by atoms with Gasteiger partial charge in [0.1, 0.15) is 5.52 Å². The van der Waals surface area contributed by atoms with Gasteiger partial charge < -0.3 is 14.8 Å². The molecule has 0 aliphatic heterocycles. The van der Waals surface area contributed by atoms with Crippen LogP contribution >= 0.6 is 11.8 Å². The molecule has 0 fully saturated rings. The SMILES string of the molecule is CCC(CC)C(O)CNC(=O)CSc1nc2ccccc2o1. The molecule has 0 radical (unpaired) electrons. The topological polar surface area (TPSA) is 75.4 Å². The zero-order valence-corrected chi connectivity index (χ0v) is 13.7. The fourth-order valence-electron chi connectivity index (χ4n) is 2.31. The number of aliphatic hydroxyl groups is 1. The molecule has 2 aromatic rings. The third-order valence-corrected chi connectivity index (χ3v) is 4.53. The van der Waals surface area contributed by atoms with E-state index in [0.717, 1.165) is 23.9 Å². The maximum absolute atomic E-state index is 11.8. The van der Waals surface area contributed by atoms with E-state index >= 15 is 0 Å². The molecule has 0 bridgehead atoms. The molecule has 0 spiro atoms. The van der Waals surface area contributed by atoms with Crippen LogP contribution in [-0.4, -0.2) is 34.4 Å². The second-order valence-corrected chi connectivity index (χ2v) is 6.11. The summed E-state index contributed by atoms with van der Waals surface area (Å²) in [7, 11) is 0. The first-order valence-corrected chi connectivity index (χ1v) is 8.55. The number of rotatable bonds is 8. The number of benzene rings is 1. The molecule has 2 rings (SSSR count). The number of hydrogen-bond donors (Lipinski definition) is 2. The molecule has 22 heavy (non-hydrogen) atoms. The maximum atomic E-state index is 11.8. The molecule has 1 atom stereocenters. The lowest BCUT2D eigenvalue weighted by Crippen LogP contribution is -2.36. The third-order valence-electron chi connectivity index (χ3n) is 3.70. The van der Waals surface area contributed by atoms with Gasteiger partial charge in [0.05, 0.1) is 11.9 Å². The highest BCUT2D eigenvalue weighted by Gasteiger charge is 2.16. The van der Waals surface area contributed by atoms with Crippen LogP contribution in [0.15, 0.2) is 33.9 Å². The van der Waals surface area contributed by atoms with Crippen LogP contribution < -0.4 is 5.32 Å². The summed E-state index contributed by atoms with van der Waals surface area (Å²) >= 11 is 1.25.